The topological polar surface area (TPSA) is 42.2 Å². The van der Waals surface area contributed by atoms with Gasteiger partial charge in [-0.1, -0.05) is 12.1 Å². The molecule has 0 saturated heterocycles. The Morgan fingerprint density at radius 1 is 1.21 bits per heavy atom. The molecule has 2 aromatic carbocycles. The lowest BCUT2D eigenvalue weighted by Crippen LogP contribution is -1.97. The van der Waals surface area contributed by atoms with Gasteiger partial charge in [0.2, 0.25) is 0 Å². The van der Waals surface area contributed by atoms with Crippen molar-refractivity contribution in [2.45, 2.75) is 6.61 Å². The number of hydrogen-bond acceptors (Lipinski definition) is 3. The Kier molecular flexibility index (Phi) is 3.99. The van der Waals surface area contributed by atoms with Crippen molar-refractivity contribution >= 4 is 0 Å². The summed E-state index contributed by atoms with van der Waals surface area (Å²) in [5, 5.41) is 8.77. The summed E-state index contributed by atoms with van der Waals surface area (Å²) in [7, 11) is 1.42. The number of halogens is 1. The molecule has 2 rings (SSSR count). The summed E-state index contributed by atoms with van der Waals surface area (Å²) in [5.74, 6) is 0.361. The fourth-order valence-electron chi connectivity index (χ4n) is 1.62. The fraction of sp³-hybridized carbons (Fsp3) is 0.133. The Morgan fingerprint density at radius 3 is 2.74 bits per heavy atom. The highest BCUT2D eigenvalue weighted by atomic mass is 19.1. The van der Waals surface area contributed by atoms with Crippen molar-refractivity contribution in [3.63, 3.8) is 0 Å². The molecule has 0 aliphatic carbocycles. The molecule has 0 aromatic heterocycles. The van der Waals surface area contributed by atoms with E-state index in [9.17, 15) is 4.39 Å². The molecule has 0 amide bonds. The molecular formula is C15H12FNO2. The van der Waals surface area contributed by atoms with Crippen LogP contribution in [0.15, 0.2) is 42.5 Å². The summed E-state index contributed by atoms with van der Waals surface area (Å²) in [6, 6.07) is 13.5. The molecule has 0 aliphatic rings. The first-order valence-electron chi connectivity index (χ1n) is 5.68. The molecule has 3 nitrogen and oxygen atoms in total. The standard InChI is InChI=1S/C15H12FNO2/c1-18-15-6-5-12(8-14(15)16)10-19-13-4-2-3-11(7-13)9-17/h2-8H,10H2,1H3. The number of nitriles is 1. The van der Waals surface area contributed by atoms with Gasteiger partial charge in [0.1, 0.15) is 12.4 Å². The van der Waals surface area contributed by atoms with E-state index in [0.29, 0.717) is 16.9 Å². The van der Waals surface area contributed by atoms with Crippen LogP contribution in [0.3, 0.4) is 0 Å². The van der Waals surface area contributed by atoms with Gasteiger partial charge in [-0.25, -0.2) is 4.39 Å². The van der Waals surface area contributed by atoms with Crippen LogP contribution in [0.25, 0.3) is 0 Å². The maximum atomic E-state index is 13.5. The number of benzene rings is 2. The van der Waals surface area contributed by atoms with Crippen LogP contribution in [0.1, 0.15) is 11.1 Å². The average molecular weight is 257 g/mol. The quantitative estimate of drug-likeness (QED) is 0.844. The Hall–Kier alpha value is -2.54. The van der Waals surface area contributed by atoms with Gasteiger partial charge >= 0.3 is 0 Å². The van der Waals surface area contributed by atoms with E-state index in [1.54, 1.807) is 36.4 Å². The average Bonchev–Trinajstić information content (AvgIpc) is 2.45. The Balaban J connectivity index is 2.06. The van der Waals surface area contributed by atoms with Crippen molar-refractivity contribution in [1.29, 1.82) is 5.26 Å². The third-order valence-corrected chi connectivity index (χ3v) is 2.58. The van der Waals surface area contributed by atoms with E-state index in [1.165, 1.54) is 13.2 Å². The van der Waals surface area contributed by atoms with E-state index in [-0.39, 0.29) is 12.4 Å². The number of ether oxygens (including phenoxy) is 2. The molecule has 0 bridgehead atoms. The summed E-state index contributed by atoms with van der Waals surface area (Å²) in [6.45, 7) is 0.232. The monoisotopic (exact) mass is 257 g/mol. The van der Waals surface area contributed by atoms with E-state index in [2.05, 4.69) is 0 Å². The highest BCUT2D eigenvalue weighted by molar-refractivity contribution is 5.36. The van der Waals surface area contributed by atoms with Crippen molar-refractivity contribution in [1.82, 2.24) is 0 Å². The minimum absolute atomic E-state index is 0.204. The van der Waals surface area contributed by atoms with Crippen molar-refractivity contribution in [3.05, 3.63) is 59.4 Å². The highest BCUT2D eigenvalue weighted by Gasteiger charge is 2.04. The van der Waals surface area contributed by atoms with Crippen LogP contribution in [0.4, 0.5) is 4.39 Å². The largest absolute Gasteiger partial charge is 0.494 e. The molecule has 0 saturated carbocycles. The number of nitrogens with zero attached hydrogens (tertiary/aromatic N) is 1. The summed E-state index contributed by atoms with van der Waals surface area (Å²) < 4.78 is 23.8. The normalized spacial score (nSPS) is 9.74. The van der Waals surface area contributed by atoms with Gasteiger partial charge in [0.25, 0.3) is 0 Å². The van der Waals surface area contributed by atoms with Gasteiger partial charge in [-0.3, -0.25) is 0 Å². The zero-order valence-corrected chi connectivity index (χ0v) is 10.4. The van der Waals surface area contributed by atoms with Crippen LogP contribution in [-0.4, -0.2) is 7.11 Å². The molecule has 0 N–H and O–H groups in total. The fourth-order valence-corrected chi connectivity index (χ4v) is 1.62. The van der Waals surface area contributed by atoms with Gasteiger partial charge in [-0.2, -0.15) is 5.26 Å². The summed E-state index contributed by atoms with van der Waals surface area (Å²) in [6.07, 6.45) is 0. The number of methoxy groups -OCH3 is 1. The van der Waals surface area contributed by atoms with Crippen LogP contribution in [0.2, 0.25) is 0 Å². The van der Waals surface area contributed by atoms with Gasteiger partial charge in [0, 0.05) is 0 Å². The van der Waals surface area contributed by atoms with Gasteiger partial charge in [0.15, 0.2) is 11.6 Å². The van der Waals surface area contributed by atoms with E-state index >= 15 is 0 Å². The lowest BCUT2D eigenvalue weighted by Gasteiger charge is -2.08. The number of hydrogen-bond donors (Lipinski definition) is 0. The SMILES string of the molecule is COc1ccc(COc2cccc(C#N)c2)cc1F. The zero-order chi connectivity index (χ0) is 13.7. The third-order valence-electron chi connectivity index (χ3n) is 2.58. The van der Waals surface area contributed by atoms with Crippen LogP contribution >= 0.6 is 0 Å². The molecule has 0 unspecified atom stereocenters. The first kappa shape index (κ1) is 12.9. The van der Waals surface area contributed by atoms with Gasteiger partial charge < -0.3 is 9.47 Å². The minimum atomic E-state index is -0.422. The molecular weight excluding hydrogens is 245 g/mol. The lowest BCUT2D eigenvalue weighted by molar-refractivity contribution is 0.304. The molecule has 0 heterocycles. The zero-order valence-electron chi connectivity index (χ0n) is 10.4. The first-order valence-corrected chi connectivity index (χ1v) is 5.68. The van der Waals surface area contributed by atoms with E-state index in [0.717, 1.165) is 0 Å². The maximum absolute atomic E-state index is 13.5. The second-order valence-electron chi connectivity index (χ2n) is 3.90. The Bertz CT molecular complexity index is 620. The third kappa shape index (κ3) is 3.23. The molecule has 0 spiro atoms. The summed E-state index contributed by atoms with van der Waals surface area (Å²) in [5.41, 5.74) is 1.22. The van der Waals surface area contributed by atoms with E-state index in [1.807, 2.05) is 6.07 Å². The van der Waals surface area contributed by atoms with Crippen LogP contribution in [0.5, 0.6) is 11.5 Å². The first-order chi connectivity index (χ1) is 9.22. The Morgan fingerprint density at radius 2 is 2.05 bits per heavy atom. The highest BCUT2D eigenvalue weighted by Crippen LogP contribution is 2.19. The Labute approximate surface area is 110 Å². The second-order valence-corrected chi connectivity index (χ2v) is 3.90. The smallest absolute Gasteiger partial charge is 0.165 e. The summed E-state index contributed by atoms with van der Waals surface area (Å²) >= 11 is 0. The molecule has 96 valence electrons. The van der Waals surface area contributed by atoms with E-state index in [4.69, 9.17) is 14.7 Å². The number of rotatable bonds is 4. The van der Waals surface area contributed by atoms with Crippen molar-refractivity contribution < 1.29 is 13.9 Å². The predicted octanol–water partition coefficient (Wildman–Crippen LogP) is 3.28. The van der Waals surface area contributed by atoms with Crippen LogP contribution < -0.4 is 9.47 Å². The molecule has 19 heavy (non-hydrogen) atoms. The minimum Gasteiger partial charge on any atom is -0.494 e. The molecule has 0 aliphatic heterocycles. The summed E-state index contributed by atoms with van der Waals surface area (Å²) in [4.78, 5) is 0. The molecule has 0 fully saturated rings. The predicted molar refractivity (Wildman–Crippen MR) is 68.4 cm³/mol. The van der Waals surface area contributed by atoms with Crippen LogP contribution in [0, 0.1) is 17.1 Å². The van der Waals surface area contributed by atoms with Crippen molar-refractivity contribution in [3.8, 4) is 17.6 Å². The van der Waals surface area contributed by atoms with Crippen molar-refractivity contribution in [2.24, 2.45) is 0 Å². The van der Waals surface area contributed by atoms with Crippen molar-refractivity contribution in [2.75, 3.05) is 7.11 Å². The molecule has 2 aromatic rings. The van der Waals surface area contributed by atoms with Gasteiger partial charge in [-0.05, 0) is 35.9 Å². The molecule has 0 atom stereocenters. The van der Waals surface area contributed by atoms with Crippen LogP contribution in [-0.2, 0) is 6.61 Å². The van der Waals surface area contributed by atoms with E-state index < -0.39 is 5.82 Å². The maximum Gasteiger partial charge on any atom is 0.165 e. The van der Waals surface area contributed by atoms with Gasteiger partial charge in [0.05, 0.1) is 18.7 Å². The second kappa shape index (κ2) is 5.87. The lowest BCUT2D eigenvalue weighted by atomic mass is 10.2. The molecule has 4 heteroatoms. The van der Waals surface area contributed by atoms with Gasteiger partial charge in [-0.15, -0.1) is 0 Å². The molecule has 0 radical (unpaired) electrons.